The molecule has 2 aliphatic rings. The molecule has 2 N–H and O–H groups in total. The molecule has 1 saturated carbocycles. The summed E-state index contributed by atoms with van der Waals surface area (Å²) >= 11 is 5.98. The maximum atomic E-state index is 13.8. The summed E-state index contributed by atoms with van der Waals surface area (Å²) in [6.45, 7) is 0.793. The molecule has 3 atom stereocenters. The third kappa shape index (κ3) is 3.46. The van der Waals surface area contributed by atoms with Gasteiger partial charge in [-0.25, -0.2) is 9.67 Å². The molecule has 1 aliphatic heterocycles. The molecule has 28 heavy (non-hydrogen) atoms. The number of rotatable bonds is 2. The van der Waals surface area contributed by atoms with Gasteiger partial charge in [-0.3, -0.25) is 4.79 Å². The highest BCUT2D eigenvalue weighted by molar-refractivity contribution is 6.32. The number of pyridine rings is 1. The number of carbonyl (C=O) groups excluding carboxylic acids is 1. The van der Waals surface area contributed by atoms with Crippen LogP contribution in [0.4, 0.5) is 13.2 Å². The Bertz CT molecular complexity index is 888. The van der Waals surface area contributed by atoms with Crippen molar-refractivity contribution in [3.8, 4) is 5.82 Å². The predicted octanol–water partition coefficient (Wildman–Crippen LogP) is 3.17. The monoisotopic (exact) mass is 435 g/mol. The molecule has 3 unspecified atom stereocenters. The molecule has 1 amide bonds. The normalized spacial score (nSPS) is 24.2. The lowest BCUT2D eigenvalue weighted by molar-refractivity contribution is -0.143. The maximum Gasteiger partial charge on any atom is 0.434 e. The SMILES string of the molecule is Cl.NC1CCC2CN(C(=O)c3cnn(-c4ncccc4Cl)c3C(F)(F)F)CC12. The lowest BCUT2D eigenvalue weighted by Crippen LogP contribution is -2.34. The first kappa shape index (κ1) is 20.9. The molecule has 0 radical (unpaired) electrons. The lowest BCUT2D eigenvalue weighted by atomic mass is 9.98. The van der Waals surface area contributed by atoms with Gasteiger partial charge in [-0.15, -0.1) is 12.4 Å². The van der Waals surface area contributed by atoms with Gasteiger partial charge < -0.3 is 10.6 Å². The largest absolute Gasteiger partial charge is 0.434 e. The molecule has 2 aromatic rings. The van der Waals surface area contributed by atoms with Gasteiger partial charge in [0.15, 0.2) is 11.5 Å². The summed E-state index contributed by atoms with van der Waals surface area (Å²) in [7, 11) is 0. The molecule has 0 bridgehead atoms. The highest BCUT2D eigenvalue weighted by Gasteiger charge is 2.46. The summed E-state index contributed by atoms with van der Waals surface area (Å²) in [6, 6.07) is 2.90. The number of carbonyl (C=O) groups is 1. The second-order valence-corrected chi connectivity index (χ2v) is 7.41. The third-order valence-electron chi connectivity index (χ3n) is 5.41. The number of hydrogen-bond donors (Lipinski definition) is 1. The summed E-state index contributed by atoms with van der Waals surface area (Å²) in [6.07, 6.45) is -0.766. The number of nitrogens with two attached hydrogens (primary N) is 1. The van der Waals surface area contributed by atoms with Crippen molar-refractivity contribution in [2.24, 2.45) is 17.6 Å². The van der Waals surface area contributed by atoms with Crippen molar-refractivity contribution in [2.45, 2.75) is 25.1 Å². The molecule has 152 valence electrons. The number of nitrogens with zero attached hydrogens (tertiary/aromatic N) is 4. The molecule has 0 aromatic carbocycles. The predicted molar refractivity (Wildman–Crippen MR) is 98.7 cm³/mol. The zero-order chi connectivity index (χ0) is 19.3. The molecule has 3 heterocycles. The molecule has 11 heteroatoms. The van der Waals surface area contributed by atoms with Crippen LogP contribution in [0.5, 0.6) is 0 Å². The summed E-state index contributed by atoms with van der Waals surface area (Å²) in [5.74, 6) is -0.477. The van der Waals surface area contributed by atoms with Gasteiger partial charge >= 0.3 is 6.18 Å². The van der Waals surface area contributed by atoms with E-state index in [1.165, 1.54) is 23.2 Å². The van der Waals surface area contributed by atoms with Crippen LogP contribution < -0.4 is 5.73 Å². The van der Waals surface area contributed by atoms with Crippen LogP contribution in [0.2, 0.25) is 5.02 Å². The van der Waals surface area contributed by atoms with E-state index in [0.29, 0.717) is 17.8 Å². The molecule has 1 aliphatic carbocycles. The number of aromatic nitrogens is 3. The molecule has 2 fully saturated rings. The van der Waals surface area contributed by atoms with E-state index < -0.39 is 23.3 Å². The number of hydrogen-bond acceptors (Lipinski definition) is 4. The van der Waals surface area contributed by atoms with Crippen molar-refractivity contribution >= 4 is 29.9 Å². The van der Waals surface area contributed by atoms with Crippen molar-refractivity contribution in [3.05, 3.63) is 40.8 Å². The minimum absolute atomic E-state index is 0. The Morgan fingerprint density at radius 2 is 2.04 bits per heavy atom. The third-order valence-corrected chi connectivity index (χ3v) is 5.70. The fourth-order valence-corrected chi connectivity index (χ4v) is 4.32. The number of amides is 1. The molecular formula is C17H18Cl2F3N5O. The Hall–Kier alpha value is -1.84. The van der Waals surface area contributed by atoms with E-state index in [0.717, 1.165) is 19.0 Å². The van der Waals surface area contributed by atoms with Gasteiger partial charge in [0.05, 0.1) is 16.8 Å². The van der Waals surface area contributed by atoms with E-state index in [1.807, 2.05) is 0 Å². The zero-order valence-corrected chi connectivity index (χ0v) is 16.1. The van der Waals surface area contributed by atoms with E-state index in [4.69, 9.17) is 17.3 Å². The highest BCUT2D eigenvalue weighted by Crippen LogP contribution is 2.39. The molecular weight excluding hydrogens is 418 g/mol. The highest BCUT2D eigenvalue weighted by atomic mass is 35.5. The van der Waals surface area contributed by atoms with Crippen molar-refractivity contribution in [2.75, 3.05) is 13.1 Å². The van der Waals surface area contributed by atoms with E-state index in [9.17, 15) is 18.0 Å². The van der Waals surface area contributed by atoms with Crippen molar-refractivity contribution in [3.63, 3.8) is 0 Å². The Morgan fingerprint density at radius 1 is 1.29 bits per heavy atom. The van der Waals surface area contributed by atoms with Crippen LogP contribution >= 0.6 is 24.0 Å². The van der Waals surface area contributed by atoms with Gasteiger partial charge in [0.1, 0.15) is 0 Å². The Labute approximate surface area is 170 Å². The van der Waals surface area contributed by atoms with Gasteiger partial charge in [-0.2, -0.15) is 18.3 Å². The van der Waals surface area contributed by atoms with Crippen molar-refractivity contribution in [1.82, 2.24) is 19.7 Å². The second kappa shape index (κ2) is 7.53. The molecule has 1 saturated heterocycles. The van der Waals surface area contributed by atoms with Gasteiger partial charge in [-0.1, -0.05) is 11.6 Å². The van der Waals surface area contributed by atoms with Crippen LogP contribution in [0.1, 0.15) is 28.9 Å². The summed E-state index contributed by atoms with van der Waals surface area (Å²) in [5, 5.41) is 3.78. The van der Waals surface area contributed by atoms with Gasteiger partial charge in [-0.05, 0) is 36.8 Å². The van der Waals surface area contributed by atoms with E-state index in [2.05, 4.69) is 10.1 Å². The fraction of sp³-hybridized carbons (Fsp3) is 0.471. The van der Waals surface area contributed by atoms with Crippen LogP contribution in [-0.4, -0.2) is 44.7 Å². The molecule has 4 rings (SSSR count). The lowest BCUT2D eigenvalue weighted by Gasteiger charge is -2.19. The quantitative estimate of drug-likeness (QED) is 0.785. The van der Waals surface area contributed by atoms with E-state index in [-0.39, 0.29) is 41.1 Å². The van der Waals surface area contributed by atoms with Gasteiger partial charge in [0.25, 0.3) is 5.91 Å². The Morgan fingerprint density at radius 3 is 2.68 bits per heavy atom. The number of fused-ring (bicyclic) bond motifs is 1. The standard InChI is InChI=1S/C17H17ClF3N5O.ClH/c18-12-2-1-5-23-15(12)26-14(17(19,20)21)10(6-24-26)16(27)25-7-9-3-4-13(22)11(9)8-25;/h1-2,5-6,9,11,13H,3-4,7-8,22H2;1H. The van der Waals surface area contributed by atoms with Crippen LogP contribution in [0, 0.1) is 11.8 Å². The first-order valence-corrected chi connectivity index (χ1v) is 8.96. The average molecular weight is 436 g/mol. The van der Waals surface area contributed by atoms with Crippen LogP contribution in [-0.2, 0) is 6.18 Å². The van der Waals surface area contributed by atoms with Crippen LogP contribution in [0.25, 0.3) is 5.82 Å². The number of alkyl halides is 3. The van der Waals surface area contributed by atoms with Crippen LogP contribution in [0.3, 0.4) is 0 Å². The minimum atomic E-state index is -4.80. The van der Waals surface area contributed by atoms with E-state index in [1.54, 1.807) is 0 Å². The average Bonchev–Trinajstić information content (AvgIpc) is 3.30. The van der Waals surface area contributed by atoms with Gasteiger partial charge in [0, 0.05) is 25.3 Å². The molecule has 2 aromatic heterocycles. The Balaban J connectivity index is 0.00000225. The maximum absolute atomic E-state index is 13.8. The first-order valence-electron chi connectivity index (χ1n) is 8.58. The first-order chi connectivity index (χ1) is 12.8. The fourth-order valence-electron chi connectivity index (χ4n) is 4.12. The molecule has 6 nitrogen and oxygen atoms in total. The summed E-state index contributed by atoms with van der Waals surface area (Å²) < 4.78 is 41.9. The smallest absolute Gasteiger partial charge is 0.338 e. The topological polar surface area (TPSA) is 77.0 Å². The molecule has 0 spiro atoms. The summed E-state index contributed by atoms with van der Waals surface area (Å²) in [4.78, 5) is 18.2. The number of halogens is 5. The van der Waals surface area contributed by atoms with E-state index >= 15 is 0 Å². The van der Waals surface area contributed by atoms with Crippen molar-refractivity contribution in [1.29, 1.82) is 0 Å². The van der Waals surface area contributed by atoms with Crippen LogP contribution in [0.15, 0.2) is 24.5 Å². The zero-order valence-electron chi connectivity index (χ0n) is 14.6. The second-order valence-electron chi connectivity index (χ2n) is 7.00. The summed E-state index contributed by atoms with van der Waals surface area (Å²) in [5.41, 5.74) is 4.39. The number of likely N-dealkylation sites (tertiary alicyclic amines) is 1. The minimum Gasteiger partial charge on any atom is -0.338 e. The Kier molecular flexibility index (Phi) is 5.62. The van der Waals surface area contributed by atoms with Gasteiger partial charge in [0.2, 0.25) is 0 Å². The van der Waals surface area contributed by atoms with Crippen molar-refractivity contribution < 1.29 is 18.0 Å².